The van der Waals surface area contributed by atoms with E-state index in [1.54, 1.807) is 6.92 Å². The largest absolute Gasteiger partial charge is 0.394 e. The van der Waals surface area contributed by atoms with Crippen LogP contribution in [0, 0.1) is 18.6 Å². The zero-order valence-corrected chi connectivity index (χ0v) is 14.9. The number of aromatic nitrogens is 1. The van der Waals surface area contributed by atoms with Crippen LogP contribution in [0.3, 0.4) is 0 Å². The molecule has 2 N–H and O–H groups in total. The summed E-state index contributed by atoms with van der Waals surface area (Å²) >= 11 is 0. The molecule has 0 saturated carbocycles. The van der Waals surface area contributed by atoms with Crippen LogP contribution in [0.4, 0.5) is 14.5 Å². The number of H-pyrrole nitrogens is 1. The van der Waals surface area contributed by atoms with E-state index < -0.39 is 17.1 Å². The molecule has 3 aromatic rings. The number of nitrogens with one attached hydrogen (secondary N) is 1. The van der Waals surface area contributed by atoms with Crippen molar-refractivity contribution in [3.8, 4) is 11.3 Å². The molecule has 4 nitrogen and oxygen atoms in total. The first-order chi connectivity index (χ1) is 13.0. The third kappa shape index (κ3) is 3.00. The zero-order chi connectivity index (χ0) is 19.1. The maximum atomic E-state index is 14.0. The summed E-state index contributed by atoms with van der Waals surface area (Å²) in [7, 11) is 0. The fourth-order valence-electron chi connectivity index (χ4n) is 3.91. The minimum Gasteiger partial charge on any atom is -0.394 e. The van der Waals surface area contributed by atoms with E-state index in [4.69, 9.17) is 0 Å². The van der Waals surface area contributed by atoms with Crippen molar-refractivity contribution in [2.75, 3.05) is 18.1 Å². The van der Waals surface area contributed by atoms with Crippen molar-refractivity contribution in [3.63, 3.8) is 0 Å². The Kier molecular flexibility index (Phi) is 4.44. The van der Waals surface area contributed by atoms with Gasteiger partial charge >= 0.3 is 0 Å². The van der Waals surface area contributed by atoms with Gasteiger partial charge in [0, 0.05) is 23.9 Å². The summed E-state index contributed by atoms with van der Waals surface area (Å²) in [5, 5.41) is 9.37. The Bertz CT molecular complexity index is 1060. The van der Waals surface area contributed by atoms with Gasteiger partial charge in [0.25, 0.3) is 0 Å². The predicted octanol–water partition coefficient (Wildman–Crippen LogP) is 3.74. The lowest BCUT2D eigenvalue weighted by Gasteiger charge is -2.25. The van der Waals surface area contributed by atoms with Gasteiger partial charge in [-0.1, -0.05) is 12.1 Å². The van der Waals surface area contributed by atoms with Crippen LogP contribution in [0.1, 0.15) is 18.4 Å². The van der Waals surface area contributed by atoms with Gasteiger partial charge in [0.15, 0.2) is 5.43 Å². The molecule has 1 fully saturated rings. The van der Waals surface area contributed by atoms with Crippen molar-refractivity contribution in [1.82, 2.24) is 4.98 Å². The molecule has 0 unspecified atom stereocenters. The van der Waals surface area contributed by atoms with Gasteiger partial charge in [0.05, 0.1) is 29.2 Å². The van der Waals surface area contributed by atoms with Gasteiger partial charge < -0.3 is 15.0 Å². The van der Waals surface area contributed by atoms with Crippen molar-refractivity contribution in [3.05, 3.63) is 63.8 Å². The first-order valence-corrected chi connectivity index (χ1v) is 8.99. The highest BCUT2D eigenvalue weighted by Crippen LogP contribution is 2.29. The maximum Gasteiger partial charge on any atom is 0.195 e. The number of halogens is 2. The van der Waals surface area contributed by atoms with E-state index in [2.05, 4.69) is 9.88 Å². The number of fused-ring (bicyclic) bond motifs is 1. The minimum atomic E-state index is -0.861. The zero-order valence-electron chi connectivity index (χ0n) is 14.9. The molecule has 1 aromatic heterocycles. The third-order valence-corrected chi connectivity index (χ3v) is 5.33. The molecular weight excluding hydrogens is 350 g/mol. The summed E-state index contributed by atoms with van der Waals surface area (Å²) in [6.07, 6.45) is 2.01. The van der Waals surface area contributed by atoms with Gasteiger partial charge in [-0.25, -0.2) is 8.78 Å². The molecule has 27 heavy (non-hydrogen) atoms. The predicted molar refractivity (Wildman–Crippen MR) is 102 cm³/mol. The first kappa shape index (κ1) is 17.7. The summed E-state index contributed by atoms with van der Waals surface area (Å²) in [4.78, 5) is 17.8. The molecule has 1 aliphatic heterocycles. The number of nitrogens with zero attached hydrogens (tertiary/aromatic N) is 1. The molecule has 1 aliphatic rings. The van der Waals surface area contributed by atoms with Crippen LogP contribution in [0.25, 0.3) is 22.2 Å². The van der Waals surface area contributed by atoms with Gasteiger partial charge in [-0.15, -0.1) is 0 Å². The lowest BCUT2D eigenvalue weighted by atomic mass is 10.0. The number of hydrogen-bond donors (Lipinski definition) is 2. The van der Waals surface area contributed by atoms with Crippen LogP contribution in [0.15, 0.2) is 41.2 Å². The second kappa shape index (κ2) is 6.78. The maximum absolute atomic E-state index is 14.0. The highest BCUT2D eigenvalue weighted by Gasteiger charge is 2.24. The van der Waals surface area contributed by atoms with Crippen LogP contribution in [0.5, 0.6) is 0 Å². The Morgan fingerprint density at radius 1 is 1.22 bits per heavy atom. The standard InChI is InChI=1S/C21H20F2N2O2/c1-12-20(24-18-10-14(22)9-17(23)19(18)21(12)27)13-4-6-15(7-5-13)25-8-2-3-16(25)11-26/h4-7,9-10,16,26H,2-3,8,11H2,1H3,(H,24,27)/t16-/m0/s1. The Morgan fingerprint density at radius 2 is 1.96 bits per heavy atom. The molecule has 1 atom stereocenters. The Morgan fingerprint density at radius 3 is 2.67 bits per heavy atom. The van der Waals surface area contributed by atoms with E-state index in [0.717, 1.165) is 42.8 Å². The van der Waals surface area contributed by atoms with Crippen LogP contribution in [0.2, 0.25) is 0 Å². The monoisotopic (exact) mass is 370 g/mol. The molecule has 0 spiro atoms. The second-order valence-electron chi connectivity index (χ2n) is 6.98. The highest BCUT2D eigenvalue weighted by atomic mass is 19.1. The molecule has 2 heterocycles. The molecule has 0 radical (unpaired) electrons. The topological polar surface area (TPSA) is 56.3 Å². The number of aliphatic hydroxyl groups is 1. The minimum absolute atomic E-state index is 0.121. The number of benzene rings is 2. The number of aromatic amines is 1. The Balaban J connectivity index is 1.78. The molecule has 1 saturated heterocycles. The number of pyridine rings is 1. The van der Waals surface area contributed by atoms with E-state index in [1.807, 2.05) is 24.3 Å². The SMILES string of the molecule is Cc1c(-c2ccc(N3CCC[C@H]3CO)cc2)[nH]c2cc(F)cc(F)c2c1=O. The summed E-state index contributed by atoms with van der Waals surface area (Å²) in [5.74, 6) is -1.59. The second-order valence-corrected chi connectivity index (χ2v) is 6.98. The van der Waals surface area contributed by atoms with E-state index in [0.29, 0.717) is 11.3 Å². The summed E-state index contributed by atoms with van der Waals surface area (Å²) in [5.41, 5.74) is 2.40. The lowest BCUT2D eigenvalue weighted by molar-refractivity contribution is 0.266. The van der Waals surface area contributed by atoms with Crippen molar-refractivity contribution in [2.24, 2.45) is 0 Å². The fourth-order valence-corrected chi connectivity index (χ4v) is 3.91. The average molecular weight is 370 g/mol. The molecule has 0 amide bonds. The summed E-state index contributed by atoms with van der Waals surface area (Å²) in [6.45, 7) is 2.65. The molecule has 4 rings (SSSR count). The van der Waals surface area contributed by atoms with E-state index >= 15 is 0 Å². The number of aliphatic hydroxyl groups excluding tert-OH is 1. The van der Waals surface area contributed by atoms with E-state index in [-0.39, 0.29) is 23.6 Å². The highest BCUT2D eigenvalue weighted by molar-refractivity contribution is 5.84. The first-order valence-electron chi connectivity index (χ1n) is 8.99. The number of rotatable bonds is 3. The van der Waals surface area contributed by atoms with Crippen LogP contribution >= 0.6 is 0 Å². The molecule has 0 aliphatic carbocycles. The molecule has 0 bridgehead atoms. The van der Waals surface area contributed by atoms with E-state index in [1.165, 1.54) is 0 Å². The normalized spacial score (nSPS) is 17.0. The van der Waals surface area contributed by atoms with Crippen molar-refractivity contribution < 1.29 is 13.9 Å². The van der Waals surface area contributed by atoms with Gasteiger partial charge in [-0.3, -0.25) is 4.79 Å². The quantitative estimate of drug-likeness (QED) is 0.738. The molecule has 140 valence electrons. The van der Waals surface area contributed by atoms with Gasteiger partial charge in [-0.2, -0.15) is 0 Å². The third-order valence-electron chi connectivity index (χ3n) is 5.33. The van der Waals surface area contributed by atoms with Crippen molar-refractivity contribution in [1.29, 1.82) is 0 Å². The number of hydrogen-bond acceptors (Lipinski definition) is 3. The van der Waals surface area contributed by atoms with Gasteiger partial charge in [0.2, 0.25) is 0 Å². The summed E-state index contributed by atoms with van der Waals surface area (Å²) in [6, 6.07) is 9.62. The lowest BCUT2D eigenvalue weighted by Crippen LogP contribution is -2.31. The van der Waals surface area contributed by atoms with Gasteiger partial charge in [-0.05, 0) is 43.5 Å². The smallest absolute Gasteiger partial charge is 0.195 e. The van der Waals surface area contributed by atoms with Crippen molar-refractivity contribution in [2.45, 2.75) is 25.8 Å². The van der Waals surface area contributed by atoms with Crippen LogP contribution in [-0.4, -0.2) is 29.3 Å². The molecule has 6 heteroatoms. The Hall–Kier alpha value is -2.73. The van der Waals surface area contributed by atoms with Crippen molar-refractivity contribution >= 4 is 16.6 Å². The molecule has 2 aromatic carbocycles. The van der Waals surface area contributed by atoms with Crippen LogP contribution in [-0.2, 0) is 0 Å². The van der Waals surface area contributed by atoms with Gasteiger partial charge in [0.1, 0.15) is 11.6 Å². The number of anilines is 1. The average Bonchev–Trinajstić information content (AvgIpc) is 3.13. The Labute approximate surface area is 155 Å². The fraction of sp³-hybridized carbons (Fsp3) is 0.286. The summed E-state index contributed by atoms with van der Waals surface area (Å²) < 4.78 is 27.6. The molecular formula is C21H20F2N2O2. The van der Waals surface area contributed by atoms with Crippen LogP contribution < -0.4 is 10.3 Å². The van der Waals surface area contributed by atoms with E-state index in [9.17, 15) is 18.7 Å².